The molecule has 9 nitrogen and oxygen atoms in total. The smallest absolute Gasteiger partial charge is 0.243 e. The van der Waals surface area contributed by atoms with Gasteiger partial charge < -0.3 is 10.1 Å². The van der Waals surface area contributed by atoms with Crippen LogP contribution in [-0.2, 0) is 19.6 Å². The van der Waals surface area contributed by atoms with E-state index >= 15 is 0 Å². The van der Waals surface area contributed by atoms with Crippen LogP contribution in [0, 0.1) is 6.92 Å². The third-order valence-corrected chi connectivity index (χ3v) is 8.21. The van der Waals surface area contributed by atoms with E-state index in [2.05, 4.69) is 20.5 Å². The summed E-state index contributed by atoms with van der Waals surface area (Å²) in [4.78, 5) is 17.4. The SMILES string of the molecule is Cc1ccc(NC(=O)C(C)Sc2n[nH]c(-c3ccccc3)n2)cc1S(=O)(=O)N1CCOCC1. The maximum atomic E-state index is 13.1. The molecule has 1 atom stereocenters. The van der Waals surface area contributed by atoms with Crippen LogP contribution in [-0.4, -0.2) is 65.4 Å². The number of morpholine rings is 1. The Morgan fingerprint density at radius 2 is 1.91 bits per heavy atom. The van der Waals surface area contributed by atoms with Gasteiger partial charge in [0, 0.05) is 24.3 Å². The van der Waals surface area contributed by atoms with E-state index < -0.39 is 15.3 Å². The molecule has 0 bridgehead atoms. The maximum absolute atomic E-state index is 13.1. The highest BCUT2D eigenvalue weighted by Gasteiger charge is 2.28. The maximum Gasteiger partial charge on any atom is 0.243 e. The average Bonchev–Trinajstić information content (AvgIpc) is 3.30. The van der Waals surface area contributed by atoms with Crippen LogP contribution >= 0.6 is 11.8 Å². The molecule has 2 heterocycles. The average molecular weight is 488 g/mol. The zero-order chi connectivity index (χ0) is 23.4. The van der Waals surface area contributed by atoms with E-state index in [9.17, 15) is 13.2 Å². The summed E-state index contributed by atoms with van der Waals surface area (Å²) in [5.74, 6) is 0.354. The molecule has 1 fully saturated rings. The zero-order valence-electron chi connectivity index (χ0n) is 18.3. The van der Waals surface area contributed by atoms with Crippen LogP contribution in [0.2, 0.25) is 0 Å². The van der Waals surface area contributed by atoms with Crippen LogP contribution in [0.4, 0.5) is 5.69 Å². The Morgan fingerprint density at radius 1 is 1.18 bits per heavy atom. The topological polar surface area (TPSA) is 117 Å². The Kier molecular flexibility index (Phi) is 7.13. The Bertz CT molecular complexity index is 1220. The number of anilines is 1. The highest BCUT2D eigenvalue weighted by Crippen LogP contribution is 2.26. The first-order valence-corrected chi connectivity index (χ1v) is 12.8. The van der Waals surface area contributed by atoms with Crippen molar-refractivity contribution in [3.8, 4) is 11.4 Å². The second kappa shape index (κ2) is 10.0. The molecule has 11 heteroatoms. The Morgan fingerprint density at radius 3 is 2.64 bits per heavy atom. The van der Waals surface area contributed by atoms with Crippen molar-refractivity contribution in [3.05, 3.63) is 54.1 Å². The van der Waals surface area contributed by atoms with E-state index in [0.717, 1.165) is 5.56 Å². The number of H-pyrrole nitrogens is 1. The summed E-state index contributed by atoms with van der Waals surface area (Å²) < 4.78 is 32.8. The lowest BCUT2D eigenvalue weighted by molar-refractivity contribution is -0.115. The van der Waals surface area contributed by atoms with Gasteiger partial charge in [-0.05, 0) is 31.5 Å². The molecule has 33 heavy (non-hydrogen) atoms. The number of carbonyl (C=O) groups excluding carboxylic acids is 1. The number of amides is 1. The van der Waals surface area contributed by atoms with Gasteiger partial charge in [-0.3, -0.25) is 9.89 Å². The van der Waals surface area contributed by atoms with E-state index in [1.807, 2.05) is 30.3 Å². The summed E-state index contributed by atoms with van der Waals surface area (Å²) in [6, 6.07) is 14.5. The van der Waals surface area contributed by atoms with Gasteiger partial charge in [0.25, 0.3) is 0 Å². The Hall–Kier alpha value is -2.73. The summed E-state index contributed by atoms with van der Waals surface area (Å²) in [5.41, 5.74) is 1.95. The van der Waals surface area contributed by atoms with Crippen molar-refractivity contribution in [1.82, 2.24) is 19.5 Å². The molecule has 1 aliphatic heterocycles. The summed E-state index contributed by atoms with van der Waals surface area (Å²) in [6.07, 6.45) is 0. The number of ether oxygens (including phenoxy) is 1. The number of aromatic nitrogens is 3. The highest BCUT2D eigenvalue weighted by molar-refractivity contribution is 8.00. The Labute approximate surface area is 197 Å². The van der Waals surface area contributed by atoms with Crippen LogP contribution in [0.1, 0.15) is 12.5 Å². The second-order valence-corrected chi connectivity index (χ2v) is 10.8. The lowest BCUT2D eigenvalue weighted by Gasteiger charge is -2.27. The minimum atomic E-state index is -3.67. The van der Waals surface area contributed by atoms with Gasteiger partial charge in [-0.25, -0.2) is 13.4 Å². The van der Waals surface area contributed by atoms with Crippen LogP contribution in [0.3, 0.4) is 0 Å². The van der Waals surface area contributed by atoms with Gasteiger partial charge in [0.15, 0.2) is 5.82 Å². The predicted molar refractivity (Wildman–Crippen MR) is 127 cm³/mol. The number of carbonyl (C=O) groups is 1. The van der Waals surface area contributed by atoms with Crippen molar-refractivity contribution in [2.75, 3.05) is 31.6 Å². The molecule has 0 spiro atoms. The number of rotatable bonds is 7. The lowest BCUT2D eigenvalue weighted by atomic mass is 10.2. The van der Waals surface area contributed by atoms with Crippen molar-refractivity contribution in [2.24, 2.45) is 0 Å². The first-order chi connectivity index (χ1) is 15.8. The second-order valence-electron chi connectivity index (χ2n) is 7.58. The number of nitrogens with zero attached hydrogens (tertiary/aromatic N) is 3. The van der Waals surface area contributed by atoms with Gasteiger partial charge in [0.05, 0.1) is 23.4 Å². The first-order valence-electron chi connectivity index (χ1n) is 10.5. The number of nitrogens with one attached hydrogen (secondary N) is 2. The fraction of sp³-hybridized carbons (Fsp3) is 0.318. The molecule has 174 valence electrons. The molecule has 1 unspecified atom stereocenters. The number of thioether (sulfide) groups is 1. The van der Waals surface area contributed by atoms with Crippen LogP contribution in [0.25, 0.3) is 11.4 Å². The third kappa shape index (κ3) is 5.44. The monoisotopic (exact) mass is 487 g/mol. The third-order valence-electron chi connectivity index (χ3n) is 5.21. The molecule has 1 saturated heterocycles. The minimum absolute atomic E-state index is 0.184. The van der Waals surface area contributed by atoms with E-state index in [1.165, 1.54) is 22.1 Å². The summed E-state index contributed by atoms with van der Waals surface area (Å²) >= 11 is 1.22. The van der Waals surface area contributed by atoms with Crippen molar-refractivity contribution in [2.45, 2.75) is 29.1 Å². The predicted octanol–water partition coefficient (Wildman–Crippen LogP) is 2.92. The minimum Gasteiger partial charge on any atom is -0.379 e. The zero-order valence-corrected chi connectivity index (χ0v) is 19.9. The highest BCUT2D eigenvalue weighted by atomic mass is 32.2. The molecule has 1 amide bonds. The first kappa shape index (κ1) is 23.4. The van der Waals surface area contributed by atoms with Crippen molar-refractivity contribution >= 4 is 33.4 Å². The number of aryl methyl sites for hydroxylation is 1. The van der Waals surface area contributed by atoms with Crippen LogP contribution in [0.15, 0.2) is 58.6 Å². The molecule has 4 rings (SSSR count). The van der Waals surface area contributed by atoms with Crippen molar-refractivity contribution in [3.63, 3.8) is 0 Å². The van der Waals surface area contributed by atoms with Gasteiger partial charge in [-0.1, -0.05) is 48.2 Å². The van der Waals surface area contributed by atoms with E-state index in [-0.39, 0.29) is 10.8 Å². The Balaban J connectivity index is 1.44. The standard InChI is InChI=1S/C22H25N5O4S2/c1-15-8-9-18(14-19(15)33(29,30)27-10-12-31-13-11-27)23-21(28)16(2)32-22-24-20(25-26-22)17-6-4-3-5-7-17/h3-9,14,16H,10-13H2,1-2H3,(H,23,28)(H,24,25,26). The fourth-order valence-corrected chi connectivity index (χ4v) is 5.74. The fourth-order valence-electron chi connectivity index (χ4n) is 3.36. The number of aromatic amines is 1. The normalized spacial score (nSPS) is 15.8. The molecule has 0 radical (unpaired) electrons. The number of hydrogen-bond acceptors (Lipinski definition) is 7. The molecule has 2 N–H and O–H groups in total. The summed E-state index contributed by atoms with van der Waals surface area (Å²) in [7, 11) is -3.67. The molecule has 3 aromatic rings. The number of benzene rings is 2. The number of sulfonamides is 1. The van der Waals surface area contributed by atoms with Gasteiger partial charge in [-0.2, -0.15) is 4.31 Å². The molecular weight excluding hydrogens is 462 g/mol. The number of hydrogen-bond donors (Lipinski definition) is 2. The lowest BCUT2D eigenvalue weighted by Crippen LogP contribution is -2.40. The van der Waals surface area contributed by atoms with Crippen LogP contribution in [0.5, 0.6) is 0 Å². The summed E-state index contributed by atoms with van der Waals surface area (Å²) in [5, 5.41) is 9.84. The quantitative estimate of drug-likeness (QED) is 0.492. The van der Waals surface area contributed by atoms with Crippen LogP contribution < -0.4 is 5.32 Å². The molecule has 0 saturated carbocycles. The molecule has 1 aromatic heterocycles. The van der Waals surface area contributed by atoms with Gasteiger partial charge in [-0.15, -0.1) is 5.10 Å². The van der Waals surface area contributed by atoms with Gasteiger partial charge in [0.2, 0.25) is 21.1 Å². The van der Waals surface area contributed by atoms with E-state index in [4.69, 9.17) is 4.74 Å². The largest absolute Gasteiger partial charge is 0.379 e. The van der Waals surface area contributed by atoms with Crippen molar-refractivity contribution < 1.29 is 17.9 Å². The molecule has 2 aromatic carbocycles. The molecular formula is C22H25N5O4S2. The van der Waals surface area contributed by atoms with Crippen molar-refractivity contribution in [1.29, 1.82) is 0 Å². The van der Waals surface area contributed by atoms with E-state index in [0.29, 0.717) is 48.5 Å². The molecule has 1 aliphatic rings. The van der Waals surface area contributed by atoms with Gasteiger partial charge >= 0.3 is 0 Å². The molecule has 0 aliphatic carbocycles. The summed E-state index contributed by atoms with van der Waals surface area (Å²) in [6.45, 7) is 4.86. The van der Waals surface area contributed by atoms with E-state index in [1.54, 1.807) is 26.0 Å². The van der Waals surface area contributed by atoms with Gasteiger partial charge in [0.1, 0.15) is 0 Å².